The molecule has 1 atom stereocenters. The number of quaternary nitrogens is 1. The van der Waals surface area contributed by atoms with Crippen molar-refractivity contribution in [2.45, 2.75) is 36.4 Å². The molecule has 0 unspecified atom stereocenters. The van der Waals surface area contributed by atoms with Gasteiger partial charge in [0.05, 0.1) is 40.2 Å². The maximum absolute atomic E-state index is 12.7. The molecule has 2 rings (SSSR count). The molecule has 0 aliphatic rings. The van der Waals surface area contributed by atoms with Crippen LogP contribution in [0.4, 0.5) is 0 Å². The third kappa shape index (κ3) is 7.35. The minimum atomic E-state index is -3.75. The van der Waals surface area contributed by atoms with Crippen LogP contribution in [0.3, 0.4) is 0 Å². The summed E-state index contributed by atoms with van der Waals surface area (Å²) < 4.78 is 28.8. The Bertz CT molecular complexity index is 914. The Kier molecular flexibility index (Phi) is 7.39. The number of carboxylic acids is 1. The van der Waals surface area contributed by atoms with Gasteiger partial charge in [-0.2, -0.15) is 0 Å². The van der Waals surface area contributed by atoms with Crippen LogP contribution in [0.5, 0.6) is 0 Å². The molecule has 0 amide bonds. The number of carbonyl (C=O) groups is 1. The van der Waals surface area contributed by atoms with E-state index in [9.17, 15) is 13.2 Å². The smallest absolute Gasteiger partial charge is 0.305 e. The first-order valence-corrected chi connectivity index (χ1v) is 11.4. The van der Waals surface area contributed by atoms with E-state index < -0.39 is 22.0 Å². The summed E-state index contributed by atoms with van der Waals surface area (Å²) in [6, 6.07) is 11.0. The van der Waals surface area contributed by atoms with Crippen LogP contribution in [-0.4, -0.2) is 57.7 Å². The van der Waals surface area contributed by atoms with E-state index in [4.69, 9.17) is 5.11 Å². The lowest BCUT2D eigenvalue weighted by Gasteiger charge is -2.28. The van der Waals surface area contributed by atoms with Gasteiger partial charge in [-0.1, -0.05) is 29.8 Å². The third-order valence-electron chi connectivity index (χ3n) is 4.16. The highest BCUT2D eigenvalue weighted by Crippen LogP contribution is 2.23. The predicted molar refractivity (Wildman–Crippen MR) is 112 cm³/mol. The van der Waals surface area contributed by atoms with Gasteiger partial charge >= 0.3 is 5.97 Å². The number of aliphatic carboxylic acids is 1. The highest BCUT2D eigenvalue weighted by atomic mass is 32.2. The lowest BCUT2D eigenvalue weighted by Crippen LogP contribution is -2.49. The van der Waals surface area contributed by atoms with Gasteiger partial charge in [0.25, 0.3) is 10.0 Å². The number of sulfonamides is 1. The second-order valence-corrected chi connectivity index (χ2v) is 11.2. The quantitative estimate of drug-likeness (QED) is 0.573. The predicted octanol–water partition coefficient (Wildman–Crippen LogP) is 2.67. The molecule has 154 valence electrons. The van der Waals surface area contributed by atoms with E-state index in [0.29, 0.717) is 11.0 Å². The average Bonchev–Trinajstić information content (AvgIpc) is 3.00. The Morgan fingerprint density at radius 1 is 1.18 bits per heavy atom. The van der Waals surface area contributed by atoms with Gasteiger partial charge in [0, 0.05) is 4.88 Å². The van der Waals surface area contributed by atoms with Crippen molar-refractivity contribution in [3.8, 4) is 0 Å². The van der Waals surface area contributed by atoms with Crippen LogP contribution >= 0.6 is 11.3 Å². The summed E-state index contributed by atoms with van der Waals surface area (Å²) in [4.78, 5) is 12.1. The van der Waals surface area contributed by atoms with Crippen molar-refractivity contribution >= 4 is 27.3 Å². The molecule has 6 nitrogen and oxygen atoms in total. The molecule has 0 aliphatic heterocycles. The molecular weight excluding hydrogens is 396 g/mol. The molecule has 2 N–H and O–H groups in total. The number of thiophene rings is 1. The summed E-state index contributed by atoms with van der Waals surface area (Å²) in [5, 5.41) is 9.11. The molecule has 1 aromatic carbocycles. The second-order valence-electron chi connectivity index (χ2n) is 8.10. The minimum Gasteiger partial charge on any atom is -0.481 e. The fraction of sp³-hybridized carbons (Fsp3) is 0.450. The molecule has 0 saturated heterocycles. The van der Waals surface area contributed by atoms with E-state index in [1.807, 2.05) is 33.3 Å². The maximum atomic E-state index is 12.7. The summed E-state index contributed by atoms with van der Waals surface area (Å²) >= 11 is 1.24. The highest BCUT2D eigenvalue weighted by molar-refractivity contribution is 7.91. The number of rotatable bonds is 10. The van der Waals surface area contributed by atoms with Crippen LogP contribution in [0.15, 0.2) is 40.6 Å². The number of aryl methyl sites for hydroxylation is 3. The molecule has 0 saturated carbocycles. The first kappa shape index (κ1) is 22.5. The number of likely N-dealkylation sites (N-methyl/N-ethyl adjacent to an activating group) is 1. The Morgan fingerprint density at radius 3 is 2.50 bits per heavy atom. The zero-order chi connectivity index (χ0) is 20.9. The van der Waals surface area contributed by atoms with E-state index in [-0.39, 0.29) is 10.6 Å². The Balaban J connectivity index is 2.07. The van der Waals surface area contributed by atoms with Gasteiger partial charge in [-0.15, -0.1) is 11.3 Å². The van der Waals surface area contributed by atoms with Crippen molar-refractivity contribution < 1.29 is 22.8 Å². The fourth-order valence-electron chi connectivity index (χ4n) is 3.07. The van der Waals surface area contributed by atoms with Crippen LogP contribution in [0.25, 0.3) is 0 Å². The number of nitrogens with zero attached hydrogens (tertiary/aromatic N) is 1. The molecule has 0 spiro atoms. The van der Waals surface area contributed by atoms with Crippen LogP contribution < -0.4 is 4.72 Å². The van der Waals surface area contributed by atoms with Crippen molar-refractivity contribution in [1.29, 1.82) is 0 Å². The van der Waals surface area contributed by atoms with Gasteiger partial charge in [-0.05, 0) is 37.5 Å². The van der Waals surface area contributed by atoms with E-state index >= 15 is 0 Å². The number of nitrogens with one attached hydrogen (secondary N) is 1. The van der Waals surface area contributed by atoms with E-state index in [1.54, 1.807) is 6.07 Å². The molecule has 28 heavy (non-hydrogen) atoms. The summed E-state index contributed by atoms with van der Waals surface area (Å²) in [6.07, 6.45) is 1.36. The highest BCUT2D eigenvalue weighted by Gasteiger charge is 2.27. The van der Waals surface area contributed by atoms with E-state index in [2.05, 4.69) is 29.8 Å². The summed E-state index contributed by atoms with van der Waals surface area (Å²) in [6.45, 7) is 2.44. The normalized spacial score (nSPS) is 13.4. The van der Waals surface area contributed by atoms with Crippen molar-refractivity contribution in [2.24, 2.45) is 0 Å². The van der Waals surface area contributed by atoms with Gasteiger partial charge < -0.3 is 9.59 Å². The van der Waals surface area contributed by atoms with Crippen molar-refractivity contribution in [1.82, 2.24) is 4.72 Å². The maximum Gasteiger partial charge on any atom is 0.305 e. The van der Waals surface area contributed by atoms with Crippen LogP contribution in [-0.2, 0) is 27.7 Å². The first-order chi connectivity index (χ1) is 12.9. The lowest BCUT2D eigenvalue weighted by atomic mass is 10.1. The molecule has 2 aromatic rings. The fourth-order valence-corrected chi connectivity index (χ4v) is 5.66. The van der Waals surface area contributed by atoms with Crippen molar-refractivity contribution in [2.75, 3.05) is 27.7 Å². The average molecular weight is 426 g/mol. The van der Waals surface area contributed by atoms with Crippen molar-refractivity contribution in [3.63, 3.8) is 0 Å². The van der Waals surface area contributed by atoms with Gasteiger partial charge in [0.2, 0.25) is 0 Å². The molecule has 0 aliphatic carbocycles. The monoisotopic (exact) mass is 425 g/mol. The van der Waals surface area contributed by atoms with Gasteiger partial charge in [-0.25, -0.2) is 13.1 Å². The van der Waals surface area contributed by atoms with E-state index in [1.165, 1.54) is 22.5 Å². The summed E-state index contributed by atoms with van der Waals surface area (Å²) in [7, 11) is 1.95. The van der Waals surface area contributed by atoms with Crippen LogP contribution in [0.2, 0.25) is 0 Å². The van der Waals surface area contributed by atoms with Crippen molar-refractivity contribution in [3.05, 3.63) is 52.4 Å². The van der Waals surface area contributed by atoms with Crippen LogP contribution in [0.1, 0.15) is 22.4 Å². The molecule has 8 heteroatoms. The standard InChI is InChI=1S/C20H28N2O4S2/c1-15-6-5-7-16(12-15)8-9-18-10-11-20(27-18)28(25,26)21-17(13-19(23)24)14-22(2,3)4/h5-7,10-12,17,21H,8-9,13-14H2,1-4H3/p+1/t17-/m1/s1. The Hall–Kier alpha value is -1.74. The number of hydrogen-bond acceptors (Lipinski definition) is 4. The molecule has 0 bridgehead atoms. The molecular formula is C20H29N2O4S2+. The topological polar surface area (TPSA) is 83.5 Å². The second kappa shape index (κ2) is 9.17. The first-order valence-electron chi connectivity index (χ1n) is 9.13. The number of hydrogen-bond donors (Lipinski definition) is 2. The Labute approximate surface area is 171 Å². The summed E-state index contributed by atoms with van der Waals surface area (Å²) in [5.41, 5.74) is 2.43. The number of benzene rings is 1. The molecule has 0 radical (unpaired) electrons. The largest absolute Gasteiger partial charge is 0.481 e. The van der Waals surface area contributed by atoms with E-state index in [0.717, 1.165) is 17.7 Å². The third-order valence-corrected chi connectivity index (χ3v) is 7.31. The summed E-state index contributed by atoms with van der Waals surface area (Å²) in [5.74, 6) is -1.02. The zero-order valence-corrected chi connectivity index (χ0v) is 18.4. The zero-order valence-electron chi connectivity index (χ0n) is 16.8. The number of carboxylic acid groups (broad SMARTS) is 1. The molecule has 0 fully saturated rings. The van der Waals surface area contributed by atoms with Gasteiger partial charge in [0.15, 0.2) is 0 Å². The molecule has 1 aromatic heterocycles. The Morgan fingerprint density at radius 2 is 1.89 bits per heavy atom. The SMILES string of the molecule is Cc1cccc(CCc2ccc(S(=O)(=O)N[C@H](CC(=O)O)C[N+](C)(C)C)s2)c1. The van der Waals surface area contributed by atoms with Gasteiger partial charge in [0.1, 0.15) is 4.21 Å². The molecule has 1 heterocycles. The van der Waals surface area contributed by atoms with Gasteiger partial charge in [-0.3, -0.25) is 4.79 Å². The minimum absolute atomic E-state index is 0.226. The van der Waals surface area contributed by atoms with Crippen LogP contribution in [0, 0.1) is 6.92 Å². The lowest BCUT2D eigenvalue weighted by molar-refractivity contribution is -0.871.